The molecule has 0 spiro atoms. The molecule has 0 aliphatic carbocycles. The Morgan fingerprint density at radius 2 is 1.70 bits per heavy atom. The van der Waals surface area contributed by atoms with Crippen LogP contribution in [0.2, 0.25) is 0 Å². The SMILES string of the molecule is Cc1ccc(C[NH+]=C(N)Nc2nc(C)cc(C)n2)cc1. The van der Waals surface area contributed by atoms with E-state index in [1.807, 2.05) is 19.9 Å². The van der Waals surface area contributed by atoms with Crippen LogP contribution in [-0.4, -0.2) is 15.9 Å². The monoisotopic (exact) mass is 270 g/mol. The maximum Gasteiger partial charge on any atom is 0.348 e. The van der Waals surface area contributed by atoms with E-state index in [0.29, 0.717) is 18.5 Å². The van der Waals surface area contributed by atoms with Gasteiger partial charge in [0, 0.05) is 11.4 Å². The molecular formula is C15H20N5+. The van der Waals surface area contributed by atoms with Gasteiger partial charge in [0.1, 0.15) is 0 Å². The average Bonchev–Trinajstić information content (AvgIpc) is 2.37. The molecule has 1 aromatic heterocycles. The minimum Gasteiger partial charge on any atom is -0.290 e. The van der Waals surface area contributed by atoms with Crippen molar-refractivity contribution in [1.82, 2.24) is 9.97 Å². The van der Waals surface area contributed by atoms with E-state index in [1.165, 1.54) is 11.1 Å². The largest absolute Gasteiger partial charge is 0.348 e. The third-order valence-electron chi connectivity index (χ3n) is 2.83. The lowest BCUT2D eigenvalue weighted by Gasteiger charge is -2.01. The maximum absolute atomic E-state index is 5.90. The number of nitrogens with one attached hydrogen (secondary N) is 2. The first-order valence-corrected chi connectivity index (χ1v) is 6.54. The molecule has 1 heterocycles. The molecule has 0 saturated carbocycles. The number of benzene rings is 1. The van der Waals surface area contributed by atoms with Crippen LogP contribution >= 0.6 is 0 Å². The molecule has 0 amide bonds. The van der Waals surface area contributed by atoms with E-state index in [-0.39, 0.29) is 0 Å². The quantitative estimate of drug-likeness (QED) is 0.557. The summed E-state index contributed by atoms with van der Waals surface area (Å²) in [5.74, 6) is 0.951. The predicted molar refractivity (Wildman–Crippen MR) is 80.2 cm³/mol. The molecule has 2 aromatic rings. The number of anilines is 1. The van der Waals surface area contributed by atoms with Gasteiger partial charge in [0.05, 0.1) is 6.54 Å². The van der Waals surface area contributed by atoms with Crippen LogP contribution in [0.15, 0.2) is 30.3 Å². The standard InChI is InChI=1S/C15H19N5/c1-10-4-6-13(7-5-10)9-17-14(16)20-15-18-11(2)8-12(3)19-15/h4-8H,9H2,1-3H3,(H3,16,17,18,19,20)/p+1. The minimum atomic E-state index is 0.440. The number of rotatable bonds is 3. The molecule has 4 N–H and O–H groups in total. The van der Waals surface area contributed by atoms with Crippen LogP contribution in [-0.2, 0) is 6.54 Å². The Morgan fingerprint density at radius 1 is 1.10 bits per heavy atom. The van der Waals surface area contributed by atoms with Gasteiger partial charge in [0.25, 0.3) is 5.95 Å². The molecule has 1 aromatic carbocycles. The number of nitrogens with two attached hydrogens (primary N) is 1. The van der Waals surface area contributed by atoms with E-state index in [4.69, 9.17) is 5.73 Å². The molecule has 0 bridgehead atoms. The first-order valence-electron chi connectivity index (χ1n) is 6.54. The predicted octanol–water partition coefficient (Wildman–Crippen LogP) is 0.409. The number of aryl methyl sites for hydroxylation is 3. The molecule has 5 nitrogen and oxygen atoms in total. The summed E-state index contributed by atoms with van der Waals surface area (Å²) < 4.78 is 0. The van der Waals surface area contributed by atoms with Gasteiger partial charge in [0.2, 0.25) is 0 Å². The summed E-state index contributed by atoms with van der Waals surface area (Å²) in [7, 11) is 0. The topological polar surface area (TPSA) is 77.8 Å². The van der Waals surface area contributed by atoms with Crippen molar-refractivity contribution in [3.63, 3.8) is 0 Å². The van der Waals surface area contributed by atoms with Crippen molar-refractivity contribution in [2.75, 3.05) is 5.32 Å². The van der Waals surface area contributed by atoms with E-state index in [1.54, 1.807) is 0 Å². The molecule has 0 unspecified atom stereocenters. The first kappa shape index (κ1) is 14.0. The normalized spacial score (nSPS) is 11.4. The van der Waals surface area contributed by atoms with E-state index in [9.17, 15) is 0 Å². The van der Waals surface area contributed by atoms with Crippen molar-refractivity contribution in [2.24, 2.45) is 5.73 Å². The van der Waals surface area contributed by atoms with Crippen molar-refractivity contribution >= 4 is 11.9 Å². The lowest BCUT2D eigenvalue weighted by molar-refractivity contribution is -0.476. The summed E-state index contributed by atoms with van der Waals surface area (Å²) in [6, 6.07) is 10.2. The average molecular weight is 270 g/mol. The maximum atomic E-state index is 5.90. The molecule has 0 saturated heterocycles. The Hall–Kier alpha value is -2.43. The number of nitrogens with zero attached hydrogens (tertiary/aromatic N) is 2. The Morgan fingerprint density at radius 3 is 2.30 bits per heavy atom. The molecule has 20 heavy (non-hydrogen) atoms. The molecule has 2 rings (SSSR count). The van der Waals surface area contributed by atoms with Gasteiger partial charge in [-0.05, 0) is 32.4 Å². The molecule has 104 valence electrons. The third-order valence-corrected chi connectivity index (χ3v) is 2.83. The Balaban J connectivity index is 2.01. The zero-order valence-electron chi connectivity index (χ0n) is 12.1. The molecule has 0 aliphatic heterocycles. The van der Waals surface area contributed by atoms with Crippen molar-refractivity contribution in [2.45, 2.75) is 27.3 Å². The smallest absolute Gasteiger partial charge is 0.290 e. The van der Waals surface area contributed by atoms with Gasteiger partial charge < -0.3 is 0 Å². The van der Waals surface area contributed by atoms with E-state index < -0.39 is 0 Å². The number of hydrogen-bond donors (Lipinski definition) is 3. The van der Waals surface area contributed by atoms with Crippen LogP contribution in [0.3, 0.4) is 0 Å². The highest BCUT2D eigenvalue weighted by atomic mass is 15.2. The highest BCUT2D eigenvalue weighted by molar-refractivity contribution is 5.85. The van der Waals surface area contributed by atoms with Crippen molar-refractivity contribution in [1.29, 1.82) is 0 Å². The van der Waals surface area contributed by atoms with Crippen LogP contribution in [0, 0.1) is 20.8 Å². The fourth-order valence-electron chi connectivity index (χ4n) is 1.85. The van der Waals surface area contributed by atoms with Gasteiger partial charge in [0.15, 0.2) is 0 Å². The molecule has 0 radical (unpaired) electrons. The molecule has 0 aliphatic rings. The van der Waals surface area contributed by atoms with Gasteiger partial charge in [-0.3, -0.25) is 10.7 Å². The summed E-state index contributed by atoms with van der Waals surface area (Å²) in [5, 5.41) is 2.97. The molecule has 5 heteroatoms. The lowest BCUT2D eigenvalue weighted by Crippen LogP contribution is -2.75. The molecule has 0 atom stereocenters. The van der Waals surface area contributed by atoms with E-state index >= 15 is 0 Å². The van der Waals surface area contributed by atoms with E-state index in [2.05, 4.69) is 51.5 Å². The highest BCUT2D eigenvalue weighted by Gasteiger charge is 2.06. The fourth-order valence-corrected chi connectivity index (χ4v) is 1.85. The van der Waals surface area contributed by atoms with Gasteiger partial charge in [-0.2, -0.15) is 0 Å². The van der Waals surface area contributed by atoms with Crippen molar-refractivity contribution < 1.29 is 4.99 Å². The molecular weight excluding hydrogens is 250 g/mol. The van der Waals surface area contributed by atoms with Gasteiger partial charge in [-0.15, -0.1) is 0 Å². The summed E-state index contributed by atoms with van der Waals surface area (Å²) in [5.41, 5.74) is 10.1. The number of hydrogen-bond acceptors (Lipinski definition) is 2. The van der Waals surface area contributed by atoms with Gasteiger partial charge in [-0.25, -0.2) is 15.3 Å². The van der Waals surface area contributed by atoms with Crippen LogP contribution in [0.5, 0.6) is 0 Å². The van der Waals surface area contributed by atoms with Gasteiger partial charge >= 0.3 is 5.96 Å². The summed E-state index contributed by atoms with van der Waals surface area (Å²) in [6.07, 6.45) is 0. The van der Waals surface area contributed by atoms with Crippen LogP contribution in [0.25, 0.3) is 0 Å². The van der Waals surface area contributed by atoms with Crippen LogP contribution < -0.4 is 16.0 Å². The Bertz CT molecular complexity index is 596. The number of guanidine groups is 1. The second-order valence-corrected chi connectivity index (χ2v) is 4.85. The van der Waals surface area contributed by atoms with Gasteiger partial charge in [-0.1, -0.05) is 29.8 Å². The summed E-state index contributed by atoms with van der Waals surface area (Å²) in [4.78, 5) is 11.7. The van der Waals surface area contributed by atoms with Crippen molar-refractivity contribution in [3.8, 4) is 0 Å². The first-order chi connectivity index (χ1) is 9.52. The number of aromatic nitrogens is 2. The molecule has 0 fully saturated rings. The second-order valence-electron chi connectivity index (χ2n) is 4.85. The zero-order valence-corrected chi connectivity index (χ0v) is 12.1. The van der Waals surface area contributed by atoms with Crippen molar-refractivity contribution in [3.05, 3.63) is 52.8 Å². The second kappa shape index (κ2) is 6.14. The third kappa shape index (κ3) is 4.05. The Kier molecular flexibility index (Phi) is 4.30. The van der Waals surface area contributed by atoms with Crippen LogP contribution in [0.4, 0.5) is 5.95 Å². The fraction of sp³-hybridized carbons (Fsp3) is 0.267. The zero-order chi connectivity index (χ0) is 14.5. The summed E-state index contributed by atoms with van der Waals surface area (Å²) in [6.45, 7) is 6.58. The highest BCUT2D eigenvalue weighted by Crippen LogP contribution is 2.02. The summed E-state index contributed by atoms with van der Waals surface area (Å²) >= 11 is 0. The van der Waals surface area contributed by atoms with Crippen LogP contribution in [0.1, 0.15) is 22.5 Å². The van der Waals surface area contributed by atoms with E-state index in [0.717, 1.165) is 11.4 Å². The lowest BCUT2D eigenvalue weighted by atomic mass is 10.1. The Labute approximate surface area is 119 Å². The minimum absolute atomic E-state index is 0.440.